The maximum Gasteiger partial charge on any atom is 0.341 e. The Kier molecular flexibility index (Phi) is 7.17. The van der Waals surface area contributed by atoms with E-state index in [1.54, 1.807) is 37.3 Å². The normalized spacial score (nSPS) is 11.4. The Bertz CT molecular complexity index is 1420. The number of thiophene rings is 1. The van der Waals surface area contributed by atoms with E-state index in [1.165, 1.54) is 29.2 Å². The highest BCUT2D eigenvalue weighted by molar-refractivity contribution is 8.01. The minimum Gasteiger partial charge on any atom is -0.462 e. The van der Waals surface area contributed by atoms with Crippen LogP contribution in [-0.2, 0) is 9.53 Å². The molecule has 0 unspecified atom stereocenters. The molecule has 0 fully saturated rings. The van der Waals surface area contributed by atoms with Crippen LogP contribution in [-0.4, -0.2) is 23.5 Å². The first-order valence-corrected chi connectivity index (χ1v) is 12.7. The van der Waals surface area contributed by atoms with E-state index < -0.39 is 11.9 Å². The van der Waals surface area contributed by atoms with Gasteiger partial charge in [0.15, 0.2) is 9.43 Å². The van der Waals surface area contributed by atoms with E-state index in [2.05, 4.69) is 10.3 Å². The zero-order chi connectivity index (χ0) is 24.2. The molecule has 34 heavy (non-hydrogen) atoms. The highest BCUT2D eigenvalue weighted by atomic mass is 32.2. The van der Waals surface area contributed by atoms with Gasteiger partial charge in [0.1, 0.15) is 22.4 Å². The van der Waals surface area contributed by atoms with Gasteiger partial charge in [-0.1, -0.05) is 12.1 Å². The number of para-hydroxylation sites is 1. The molecule has 0 spiro atoms. The van der Waals surface area contributed by atoms with E-state index in [-0.39, 0.29) is 12.2 Å². The number of aryl methyl sites for hydroxylation is 1. The quantitative estimate of drug-likeness (QED) is 0.174. The number of anilines is 1. The molecule has 7 nitrogen and oxygen atoms in total. The number of benzene rings is 1. The Morgan fingerprint density at radius 3 is 2.76 bits per heavy atom. The molecule has 0 aliphatic carbocycles. The lowest BCUT2D eigenvalue weighted by Crippen LogP contribution is -2.16. The molecule has 1 amide bonds. The Morgan fingerprint density at radius 1 is 1.24 bits per heavy atom. The summed E-state index contributed by atoms with van der Waals surface area (Å²) in [5.74, 6) is -0.782. The van der Waals surface area contributed by atoms with Crippen molar-refractivity contribution in [3.8, 4) is 6.07 Å². The molecule has 1 aromatic carbocycles. The Labute approximate surface area is 208 Å². The third-order valence-corrected chi connectivity index (χ3v) is 7.95. The van der Waals surface area contributed by atoms with Gasteiger partial charge in [0.25, 0.3) is 5.91 Å². The van der Waals surface area contributed by atoms with Gasteiger partial charge in [-0.25, -0.2) is 9.78 Å². The first kappa shape index (κ1) is 23.8. The number of ether oxygens (including phenoxy) is 1. The molecule has 0 saturated heterocycles. The molecule has 0 aliphatic rings. The third-order valence-electron chi connectivity index (χ3n) is 4.81. The highest BCUT2D eigenvalue weighted by Gasteiger charge is 2.23. The van der Waals surface area contributed by atoms with Crippen molar-refractivity contribution in [1.82, 2.24) is 4.98 Å². The van der Waals surface area contributed by atoms with Crippen LogP contribution in [0.4, 0.5) is 5.00 Å². The topological polar surface area (TPSA) is 105 Å². The lowest BCUT2D eigenvalue weighted by molar-refractivity contribution is -0.112. The second-order valence-electron chi connectivity index (χ2n) is 7.04. The molecular weight excluding hydrogens is 490 g/mol. The monoisotopic (exact) mass is 509 g/mol. The van der Waals surface area contributed by atoms with Crippen molar-refractivity contribution in [2.24, 2.45) is 0 Å². The summed E-state index contributed by atoms with van der Waals surface area (Å²) >= 11 is 4.19. The van der Waals surface area contributed by atoms with Gasteiger partial charge in [0, 0.05) is 11.0 Å². The average molecular weight is 510 g/mol. The fourth-order valence-corrected chi connectivity index (χ4v) is 6.09. The van der Waals surface area contributed by atoms with E-state index in [0.29, 0.717) is 21.4 Å². The molecule has 0 radical (unpaired) electrons. The number of nitrogens with one attached hydrogen (secondary N) is 1. The van der Waals surface area contributed by atoms with E-state index in [1.807, 2.05) is 37.3 Å². The van der Waals surface area contributed by atoms with Gasteiger partial charge < -0.3 is 14.5 Å². The number of thiazole rings is 1. The van der Waals surface area contributed by atoms with Gasteiger partial charge in [-0.2, -0.15) is 5.26 Å². The van der Waals surface area contributed by atoms with Crippen molar-refractivity contribution < 1.29 is 18.7 Å². The summed E-state index contributed by atoms with van der Waals surface area (Å²) in [6, 6.07) is 13.2. The molecule has 4 aromatic rings. The van der Waals surface area contributed by atoms with Gasteiger partial charge in [0.05, 0.1) is 22.4 Å². The summed E-state index contributed by atoms with van der Waals surface area (Å²) < 4.78 is 12.8. The smallest absolute Gasteiger partial charge is 0.341 e. The zero-order valence-electron chi connectivity index (χ0n) is 18.5. The summed E-state index contributed by atoms with van der Waals surface area (Å²) in [5, 5.41) is 13.2. The van der Waals surface area contributed by atoms with Crippen molar-refractivity contribution in [1.29, 1.82) is 5.26 Å². The standard InChI is InChI=1S/C24H19N3O4S3/c1-4-30-23(29)20-13(2)14(3)32-22(20)27-21(28)15(12-25)11-16-9-10-19(31-16)34-24-26-17-7-5-6-8-18(17)33-24/h5-11H,4H2,1-3H3,(H,27,28). The SMILES string of the molecule is CCOC(=O)c1c(NC(=O)C(C#N)=Cc2ccc(Sc3nc4ccccc4s3)o2)sc(C)c1C. The number of nitriles is 1. The van der Waals surface area contributed by atoms with Crippen LogP contribution in [0.2, 0.25) is 0 Å². The number of hydrogen-bond donors (Lipinski definition) is 1. The van der Waals surface area contributed by atoms with Gasteiger partial charge in [-0.15, -0.1) is 22.7 Å². The van der Waals surface area contributed by atoms with Crippen molar-refractivity contribution in [3.63, 3.8) is 0 Å². The van der Waals surface area contributed by atoms with Crippen LogP contribution >= 0.6 is 34.4 Å². The molecule has 3 heterocycles. The maximum absolute atomic E-state index is 12.8. The minimum absolute atomic E-state index is 0.149. The first-order chi connectivity index (χ1) is 16.4. The molecule has 0 atom stereocenters. The molecular formula is C24H19N3O4S3. The fraction of sp³-hybridized carbons (Fsp3) is 0.167. The van der Waals surface area contributed by atoms with Crippen LogP contribution in [0, 0.1) is 25.2 Å². The summed E-state index contributed by atoms with van der Waals surface area (Å²) in [7, 11) is 0. The number of nitrogens with zero attached hydrogens (tertiary/aromatic N) is 2. The fourth-order valence-electron chi connectivity index (χ4n) is 3.07. The second-order valence-corrected chi connectivity index (χ2v) is 10.5. The molecule has 4 rings (SSSR count). The zero-order valence-corrected chi connectivity index (χ0v) is 21.0. The third kappa shape index (κ3) is 5.07. The first-order valence-electron chi connectivity index (χ1n) is 10.2. The number of esters is 1. The van der Waals surface area contributed by atoms with Crippen LogP contribution in [0.15, 0.2) is 55.8 Å². The number of rotatable bonds is 7. The van der Waals surface area contributed by atoms with Gasteiger partial charge in [-0.05, 0) is 62.4 Å². The molecule has 1 N–H and O–H groups in total. The predicted molar refractivity (Wildman–Crippen MR) is 134 cm³/mol. The summed E-state index contributed by atoms with van der Waals surface area (Å²) in [6.07, 6.45) is 1.37. The summed E-state index contributed by atoms with van der Waals surface area (Å²) in [4.78, 5) is 30.6. The number of amides is 1. The van der Waals surface area contributed by atoms with Gasteiger partial charge >= 0.3 is 5.97 Å². The van der Waals surface area contributed by atoms with Crippen LogP contribution in [0.1, 0.15) is 33.5 Å². The molecule has 0 saturated carbocycles. The average Bonchev–Trinajstić information content (AvgIpc) is 3.49. The van der Waals surface area contributed by atoms with Crippen LogP contribution in [0.25, 0.3) is 16.3 Å². The highest BCUT2D eigenvalue weighted by Crippen LogP contribution is 2.36. The molecule has 10 heteroatoms. The second kappa shape index (κ2) is 10.3. The lowest BCUT2D eigenvalue weighted by atomic mass is 10.1. The Hall–Kier alpha value is -3.39. The maximum atomic E-state index is 12.8. The van der Waals surface area contributed by atoms with Crippen LogP contribution in [0.5, 0.6) is 0 Å². The Morgan fingerprint density at radius 2 is 2.03 bits per heavy atom. The lowest BCUT2D eigenvalue weighted by Gasteiger charge is -2.06. The number of furan rings is 1. The molecule has 3 aromatic heterocycles. The molecule has 172 valence electrons. The van der Waals surface area contributed by atoms with Gasteiger partial charge in [0.2, 0.25) is 0 Å². The van der Waals surface area contributed by atoms with E-state index in [0.717, 1.165) is 25.0 Å². The van der Waals surface area contributed by atoms with Gasteiger partial charge in [-0.3, -0.25) is 4.79 Å². The summed E-state index contributed by atoms with van der Waals surface area (Å²) in [5.41, 5.74) is 1.82. The van der Waals surface area contributed by atoms with Crippen molar-refractivity contribution >= 4 is 67.6 Å². The molecule has 0 aliphatic heterocycles. The van der Waals surface area contributed by atoms with E-state index in [9.17, 15) is 14.9 Å². The van der Waals surface area contributed by atoms with Crippen molar-refractivity contribution in [2.75, 3.05) is 11.9 Å². The summed E-state index contributed by atoms with van der Waals surface area (Å²) in [6.45, 7) is 5.59. The van der Waals surface area contributed by atoms with Crippen LogP contribution in [0.3, 0.4) is 0 Å². The van der Waals surface area contributed by atoms with Crippen LogP contribution < -0.4 is 5.32 Å². The minimum atomic E-state index is -0.633. The number of carbonyl (C=O) groups is 2. The number of hydrogen-bond acceptors (Lipinski definition) is 9. The Balaban J connectivity index is 1.51. The van der Waals surface area contributed by atoms with E-state index in [4.69, 9.17) is 9.15 Å². The van der Waals surface area contributed by atoms with E-state index >= 15 is 0 Å². The largest absolute Gasteiger partial charge is 0.462 e. The van der Waals surface area contributed by atoms with Crippen molar-refractivity contribution in [2.45, 2.75) is 30.2 Å². The van der Waals surface area contributed by atoms with Crippen molar-refractivity contribution in [3.05, 3.63) is 63.7 Å². The number of carbonyl (C=O) groups excluding carboxylic acids is 2. The number of fused-ring (bicyclic) bond motifs is 1. The number of aromatic nitrogens is 1. The molecule has 0 bridgehead atoms. The predicted octanol–water partition coefficient (Wildman–Crippen LogP) is 6.44.